The SMILES string of the molecule is CCNC(=O)NC(C)c1ccc(C#Cc2ccc(SC)cc2)cc1. The fourth-order valence-electron chi connectivity index (χ4n) is 2.17. The second-order valence-corrected chi connectivity index (χ2v) is 6.21. The van der Waals surface area contributed by atoms with Gasteiger partial charge in [-0.05, 0) is 62.1 Å². The predicted molar refractivity (Wildman–Crippen MR) is 101 cm³/mol. The maximum Gasteiger partial charge on any atom is 0.315 e. The Labute approximate surface area is 148 Å². The van der Waals surface area contributed by atoms with Crippen molar-refractivity contribution in [3.63, 3.8) is 0 Å². The molecule has 0 bridgehead atoms. The van der Waals surface area contributed by atoms with Gasteiger partial charge in [-0.1, -0.05) is 24.0 Å². The second-order valence-electron chi connectivity index (χ2n) is 5.33. The second kappa shape index (κ2) is 9.05. The van der Waals surface area contributed by atoms with Gasteiger partial charge in [-0.2, -0.15) is 0 Å². The Morgan fingerprint density at radius 1 is 1.04 bits per heavy atom. The molecular weight excluding hydrogens is 316 g/mol. The van der Waals surface area contributed by atoms with Crippen LogP contribution in [0.2, 0.25) is 0 Å². The lowest BCUT2D eigenvalue weighted by atomic mass is 10.1. The largest absolute Gasteiger partial charge is 0.338 e. The fraction of sp³-hybridized carbons (Fsp3) is 0.250. The van der Waals surface area contributed by atoms with E-state index in [2.05, 4.69) is 40.9 Å². The van der Waals surface area contributed by atoms with E-state index in [0.717, 1.165) is 16.7 Å². The molecule has 2 aromatic carbocycles. The molecule has 0 aromatic heterocycles. The van der Waals surface area contributed by atoms with Crippen LogP contribution < -0.4 is 10.6 Å². The van der Waals surface area contributed by atoms with Crippen molar-refractivity contribution >= 4 is 17.8 Å². The van der Waals surface area contributed by atoms with Crippen molar-refractivity contribution in [1.29, 1.82) is 0 Å². The Hall–Kier alpha value is -2.38. The average molecular weight is 338 g/mol. The summed E-state index contributed by atoms with van der Waals surface area (Å²) in [7, 11) is 0. The third-order valence-electron chi connectivity index (χ3n) is 3.54. The standard InChI is InChI=1S/C20H22N2OS/c1-4-21-20(23)22-15(2)18-11-7-16(8-12-18)5-6-17-9-13-19(24-3)14-10-17/h7-15H,4H2,1-3H3,(H2,21,22,23). The first-order valence-corrected chi connectivity index (χ1v) is 9.15. The summed E-state index contributed by atoms with van der Waals surface area (Å²) in [5, 5.41) is 5.63. The topological polar surface area (TPSA) is 41.1 Å². The zero-order valence-electron chi connectivity index (χ0n) is 14.2. The number of carbonyl (C=O) groups is 1. The molecule has 0 spiro atoms. The maximum absolute atomic E-state index is 11.6. The molecule has 24 heavy (non-hydrogen) atoms. The number of thioether (sulfide) groups is 1. The summed E-state index contributed by atoms with van der Waals surface area (Å²) in [6.45, 7) is 4.47. The smallest absolute Gasteiger partial charge is 0.315 e. The van der Waals surface area contributed by atoms with E-state index >= 15 is 0 Å². The van der Waals surface area contributed by atoms with Gasteiger partial charge < -0.3 is 10.6 Å². The van der Waals surface area contributed by atoms with Crippen molar-refractivity contribution in [2.45, 2.75) is 24.8 Å². The predicted octanol–water partition coefficient (Wildman–Crippen LogP) is 4.19. The van der Waals surface area contributed by atoms with E-state index in [-0.39, 0.29) is 12.1 Å². The Kier molecular flexibility index (Phi) is 6.77. The van der Waals surface area contributed by atoms with Crippen LogP contribution in [0.1, 0.15) is 36.6 Å². The van der Waals surface area contributed by atoms with Crippen molar-refractivity contribution in [1.82, 2.24) is 10.6 Å². The van der Waals surface area contributed by atoms with Gasteiger partial charge in [0.05, 0.1) is 6.04 Å². The average Bonchev–Trinajstić information content (AvgIpc) is 2.61. The molecule has 124 valence electrons. The van der Waals surface area contributed by atoms with Gasteiger partial charge in [0.1, 0.15) is 0 Å². The van der Waals surface area contributed by atoms with Crippen molar-refractivity contribution in [2.75, 3.05) is 12.8 Å². The van der Waals surface area contributed by atoms with Gasteiger partial charge >= 0.3 is 6.03 Å². The number of carbonyl (C=O) groups excluding carboxylic acids is 1. The fourth-order valence-corrected chi connectivity index (χ4v) is 2.57. The zero-order valence-corrected chi connectivity index (χ0v) is 15.0. The molecule has 0 heterocycles. The van der Waals surface area contributed by atoms with Gasteiger partial charge in [0.25, 0.3) is 0 Å². The lowest BCUT2D eigenvalue weighted by molar-refractivity contribution is 0.238. The van der Waals surface area contributed by atoms with Gasteiger partial charge in [0, 0.05) is 22.6 Å². The molecule has 1 atom stereocenters. The highest BCUT2D eigenvalue weighted by atomic mass is 32.2. The summed E-state index contributed by atoms with van der Waals surface area (Å²) in [5.41, 5.74) is 3.01. The van der Waals surface area contributed by atoms with Gasteiger partial charge in [-0.3, -0.25) is 0 Å². The minimum atomic E-state index is -0.150. The van der Waals surface area contributed by atoms with E-state index in [0.29, 0.717) is 6.54 Å². The van der Waals surface area contributed by atoms with Crippen molar-refractivity contribution < 1.29 is 4.79 Å². The van der Waals surface area contributed by atoms with Crippen molar-refractivity contribution in [2.24, 2.45) is 0 Å². The zero-order chi connectivity index (χ0) is 17.4. The summed E-state index contributed by atoms with van der Waals surface area (Å²) in [5.74, 6) is 6.34. The van der Waals surface area contributed by atoms with E-state index in [1.807, 2.05) is 50.2 Å². The Morgan fingerprint density at radius 3 is 2.08 bits per heavy atom. The molecule has 2 N–H and O–H groups in total. The van der Waals surface area contributed by atoms with Crippen LogP contribution in [0, 0.1) is 11.8 Å². The Morgan fingerprint density at radius 2 is 1.58 bits per heavy atom. The first kappa shape index (κ1) is 18.0. The summed E-state index contributed by atoms with van der Waals surface area (Å²) < 4.78 is 0. The summed E-state index contributed by atoms with van der Waals surface area (Å²) in [6.07, 6.45) is 2.06. The number of rotatable bonds is 4. The molecule has 2 amide bonds. The highest BCUT2D eigenvalue weighted by molar-refractivity contribution is 7.98. The van der Waals surface area contributed by atoms with Crippen molar-refractivity contribution in [3.8, 4) is 11.8 Å². The molecule has 0 saturated carbocycles. The van der Waals surface area contributed by atoms with Gasteiger partial charge in [0.15, 0.2) is 0 Å². The normalized spacial score (nSPS) is 11.1. The number of benzene rings is 2. The molecule has 0 aliphatic carbocycles. The highest BCUT2D eigenvalue weighted by Gasteiger charge is 2.07. The molecule has 0 aliphatic heterocycles. The van der Waals surface area contributed by atoms with E-state index in [1.165, 1.54) is 4.90 Å². The number of nitrogens with one attached hydrogen (secondary N) is 2. The van der Waals surface area contributed by atoms with Gasteiger partial charge in [-0.25, -0.2) is 4.79 Å². The van der Waals surface area contributed by atoms with Crippen LogP contribution >= 0.6 is 11.8 Å². The first-order valence-electron chi connectivity index (χ1n) is 7.92. The minimum absolute atomic E-state index is 0.0438. The van der Waals surface area contributed by atoms with Crippen LogP contribution in [0.15, 0.2) is 53.4 Å². The highest BCUT2D eigenvalue weighted by Crippen LogP contribution is 2.15. The first-order chi connectivity index (χ1) is 11.6. The van der Waals surface area contributed by atoms with Crippen LogP contribution in [0.5, 0.6) is 0 Å². The van der Waals surface area contributed by atoms with Crippen molar-refractivity contribution in [3.05, 3.63) is 65.2 Å². The summed E-state index contributed by atoms with van der Waals surface area (Å²) >= 11 is 1.72. The van der Waals surface area contributed by atoms with Gasteiger partial charge in [-0.15, -0.1) is 11.8 Å². The van der Waals surface area contributed by atoms with Crippen LogP contribution in [0.4, 0.5) is 4.79 Å². The molecule has 3 nitrogen and oxygen atoms in total. The molecule has 0 radical (unpaired) electrons. The quantitative estimate of drug-likeness (QED) is 0.648. The Balaban J connectivity index is 2.01. The summed E-state index contributed by atoms with van der Waals surface area (Å²) in [4.78, 5) is 12.8. The van der Waals surface area contributed by atoms with Gasteiger partial charge in [0.2, 0.25) is 0 Å². The number of hydrogen-bond donors (Lipinski definition) is 2. The lowest BCUT2D eigenvalue weighted by Gasteiger charge is -2.14. The van der Waals surface area contributed by atoms with Crippen LogP contribution in [-0.4, -0.2) is 18.8 Å². The molecule has 0 fully saturated rings. The minimum Gasteiger partial charge on any atom is -0.338 e. The molecular formula is C20H22N2OS. The third kappa shape index (κ3) is 5.36. The summed E-state index contributed by atoms with van der Waals surface area (Å²) in [6, 6.07) is 16.0. The molecule has 1 unspecified atom stereocenters. The number of hydrogen-bond acceptors (Lipinski definition) is 2. The number of amides is 2. The monoisotopic (exact) mass is 338 g/mol. The molecule has 0 aliphatic rings. The maximum atomic E-state index is 11.6. The molecule has 0 saturated heterocycles. The van der Waals surface area contributed by atoms with E-state index in [9.17, 15) is 4.79 Å². The molecule has 2 aromatic rings. The van der Waals surface area contributed by atoms with Crippen LogP contribution in [0.25, 0.3) is 0 Å². The van der Waals surface area contributed by atoms with E-state index in [4.69, 9.17) is 0 Å². The van der Waals surface area contributed by atoms with E-state index < -0.39 is 0 Å². The molecule has 2 rings (SSSR count). The van der Waals surface area contributed by atoms with Crippen LogP contribution in [0.3, 0.4) is 0 Å². The number of urea groups is 1. The van der Waals surface area contributed by atoms with Crippen LogP contribution in [-0.2, 0) is 0 Å². The lowest BCUT2D eigenvalue weighted by Crippen LogP contribution is -2.36. The third-order valence-corrected chi connectivity index (χ3v) is 4.28. The Bertz CT molecular complexity index is 727. The molecule has 4 heteroatoms. The van der Waals surface area contributed by atoms with E-state index in [1.54, 1.807) is 11.8 Å².